The Hall–Kier alpha value is -1.75. The van der Waals surface area contributed by atoms with Gasteiger partial charge in [-0.05, 0) is 25.5 Å². The van der Waals surface area contributed by atoms with Crippen molar-refractivity contribution >= 4 is 5.91 Å². The van der Waals surface area contributed by atoms with E-state index in [0.29, 0.717) is 6.54 Å². The van der Waals surface area contributed by atoms with Gasteiger partial charge in [0.2, 0.25) is 12.7 Å². The van der Waals surface area contributed by atoms with Crippen molar-refractivity contribution in [1.82, 2.24) is 10.6 Å². The summed E-state index contributed by atoms with van der Waals surface area (Å²) in [5.41, 5.74) is 0.955. The monoisotopic (exact) mass is 248 g/mol. The van der Waals surface area contributed by atoms with E-state index in [2.05, 4.69) is 10.6 Å². The number of hydrogen-bond donors (Lipinski definition) is 2. The van der Waals surface area contributed by atoms with Crippen molar-refractivity contribution in [3.8, 4) is 11.5 Å². The smallest absolute Gasteiger partial charge is 0.237 e. The molecule has 1 atom stereocenters. The minimum absolute atomic E-state index is 0.0427. The Kier molecular flexibility index (Phi) is 3.06. The summed E-state index contributed by atoms with van der Waals surface area (Å²) >= 11 is 0. The average Bonchev–Trinajstić information content (AvgIpc) is 3.05. The lowest BCUT2D eigenvalue weighted by molar-refractivity contribution is -0.122. The van der Waals surface area contributed by atoms with E-state index >= 15 is 0 Å². The number of rotatable bonds is 3. The molecule has 0 bridgehead atoms. The number of fused-ring (bicyclic) bond motifs is 1. The van der Waals surface area contributed by atoms with E-state index in [1.54, 1.807) is 0 Å². The van der Waals surface area contributed by atoms with Gasteiger partial charge in [0.05, 0.1) is 6.04 Å². The third kappa shape index (κ3) is 2.13. The van der Waals surface area contributed by atoms with Crippen LogP contribution < -0.4 is 20.1 Å². The standard InChI is InChI=1S/C13H16N2O3/c16-13(10-4-2-6-14-10)15-7-9-3-1-5-11-12(9)18-8-17-11/h1,3,5,10,14H,2,4,6-8H2,(H,15,16)/t10-/m0/s1. The summed E-state index contributed by atoms with van der Waals surface area (Å²) in [5, 5.41) is 6.11. The quantitative estimate of drug-likeness (QED) is 0.830. The fraction of sp³-hybridized carbons (Fsp3) is 0.462. The maximum atomic E-state index is 11.9. The number of nitrogens with one attached hydrogen (secondary N) is 2. The van der Waals surface area contributed by atoms with E-state index in [4.69, 9.17) is 9.47 Å². The molecule has 1 aromatic rings. The lowest BCUT2D eigenvalue weighted by atomic mass is 10.1. The zero-order valence-electron chi connectivity index (χ0n) is 10.1. The van der Waals surface area contributed by atoms with Gasteiger partial charge in [-0.15, -0.1) is 0 Å². The number of hydrogen-bond acceptors (Lipinski definition) is 4. The van der Waals surface area contributed by atoms with Crippen LogP contribution in [-0.4, -0.2) is 25.3 Å². The van der Waals surface area contributed by atoms with Crippen LogP contribution in [0.1, 0.15) is 18.4 Å². The zero-order valence-corrected chi connectivity index (χ0v) is 10.1. The molecule has 0 aliphatic carbocycles. The highest BCUT2D eigenvalue weighted by Gasteiger charge is 2.22. The molecule has 3 rings (SSSR count). The Morgan fingerprint density at radius 3 is 3.22 bits per heavy atom. The molecule has 1 aromatic carbocycles. The Bertz CT molecular complexity index is 456. The predicted molar refractivity (Wildman–Crippen MR) is 65.4 cm³/mol. The maximum Gasteiger partial charge on any atom is 0.237 e. The van der Waals surface area contributed by atoms with Crippen LogP contribution in [0.5, 0.6) is 11.5 Å². The van der Waals surface area contributed by atoms with E-state index in [0.717, 1.165) is 36.4 Å². The van der Waals surface area contributed by atoms with Crippen molar-refractivity contribution in [2.24, 2.45) is 0 Å². The molecule has 2 aliphatic heterocycles. The minimum atomic E-state index is -0.0427. The van der Waals surface area contributed by atoms with Crippen LogP contribution in [0.3, 0.4) is 0 Å². The summed E-state index contributed by atoms with van der Waals surface area (Å²) in [4.78, 5) is 11.9. The molecule has 18 heavy (non-hydrogen) atoms. The Balaban J connectivity index is 1.63. The van der Waals surface area contributed by atoms with Crippen molar-refractivity contribution in [2.75, 3.05) is 13.3 Å². The SMILES string of the molecule is O=C(NCc1cccc2c1OCO2)[C@@H]1CCCN1. The van der Waals surface area contributed by atoms with Crippen molar-refractivity contribution in [2.45, 2.75) is 25.4 Å². The molecule has 1 fully saturated rings. The van der Waals surface area contributed by atoms with Gasteiger partial charge in [-0.2, -0.15) is 0 Å². The van der Waals surface area contributed by atoms with Crippen molar-refractivity contribution < 1.29 is 14.3 Å². The maximum absolute atomic E-state index is 11.9. The number of benzene rings is 1. The Labute approximate surface area is 105 Å². The molecule has 2 aliphatic rings. The summed E-state index contributed by atoms with van der Waals surface area (Å²) in [7, 11) is 0. The first-order chi connectivity index (χ1) is 8.84. The molecule has 1 amide bonds. The van der Waals surface area contributed by atoms with Crippen LogP contribution in [0.15, 0.2) is 18.2 Å². The van der Waals surface area contributed by atoms with Crippen molar-refractivity contribution in [3.63, 3.8) is 0 Å². The second-order valence-corrected chi connectivity index (χ2v) is 4.52. The molecule has 5 heteroatoms. The molecule has 0 unspecified atom stereocenters. The first-order valence-corrected chi connectivity index (χ1v) is 6.23. The van der Waals surface area contributed by atoms with Gasteiger partial charge < -0.3 is 20.1 Å². The first kappa shape index (κ1) is 11.3. The molecule has 1 saturated heterocycles. The van der Waals surface area contributed by atoms with Gasteiger partial charge in [0.1, 0.15) is 0 Å². The largest absolute Gasteiger partial charge is 0.454 e. The molecule has 2 heterocycles. The van der Waals surface area contributed by atoms with Gasteiger partial charge in [-0.3, -0.25) is 4.79 Å². The molecule has 0 saturated carbocycles. The average molecular weight is 248 g/mol. The molecule has 96 valence electrons. The van der Waals surface area contributed by atoms with Crippen LogP contribution in [0, 0.1) is 0 Å². The van der Waals surface area contributed by atoms with E-state index in [-0.39, 0.29) is 18.7 Å². The highest BCUT2D eigenvalue weighted by atomic mass is 16.7. The molecular formula is C13H16N2O3. The van der Waals surface area contributed by atoms with E-state index in [1.165, 1.54) is 0 Å². The Morgan fingerprint density at radius 1 is 1.44 bits per heavy atom. The molecular weight excluding hydrogens is 232 g/mol. The predicted octanol–water partition coefficient (Wildman–Crippen LogP) is 0.783. The third-order valence-electron chi connectivity index (χ3n) is 3.31. The summed E-state index contributed by atoms with van der Waals surface area (Å²) in [6.45, 7) is 1.66. The lowest BCUT2D eigenvalue weighted by Gasteiger charge is -2.12. The van der Waals surface area contributed by atoms with Gasteiger partial charge in [0.25, 0.3) is 0 Å². The number of amides is 1. The molecule has 2 N–H and O–H groups in total. The fourth-order valence-corrected chi connectivity index (χ4v) is 2.34. The normalized spacial score (nSPS) is 21.0. The van der Waals surface area contributed by atoms with Crippen LogP contribution in [0.25, 0.3) is 0 Å². The Morgan fingerprint density at radius 2 is 2.39 bits per heavy atom. The van der Waals surface area contributed by atoms with Crippen molar-refractivity contribution in [1.29, 1.82) is 0 Å². The summed E-state index contributed by atoms with van der Waals surface area (Å²) in [5.74, 6) is 1.56. The number of carbonyl (C=O) groups is 1. The molecule has 0 spiro atoms. The van der Waals surface area contributed by atoms with Gasteiger partial charge in [0.15, 0.2) is 11.5 Å². The van der Waals surface area contributed by atoms with Gasteiger partial charge >= 0.3 is 0 Å². The van der Waals surface area contributed by atoms with E-state index < -0.39 is 0 Å². The second kappa shape index (κ2) is 4.86. The highest BCUT2D eigenvalue weighted by Crippen LogP contribution is 2.35. The minimum Gasteiger partial charge on any atom is -0.454 e. The van der Waals surface area contributed by atoms with Crippen LogP contribution in [0.2, 0.25) is 0 Å². The number of ether oxygens (including phenoxy) is 2. The highest BCUT2D eigenvalue weighted by molar-refractivity contribution is 5.82. The topological polar surface area (TPSA) is 59.6 Å². The summed E-state index contributed by atoms with van der Waals surface area (Å²) < 4.78 is 10.7. The van der Waals surface area contributed by atoms with Crippen LogP contribution >= 0.6 is 0 Å². The van der Waals surface area contributed by atoms with Crippen LogP contribution in [-0.2, 0) is 11.3 Å². The zero-order chi connectivity index (χ0) is 12.4. The van der Waals surface area contributed by atoms with Crippen molar-refractivity contribution in [3.05, 3.63) is 23.8 Å². The molecule has 0 radical (unpaired) electrons. The lowest BCUT2D eigenvalue weighted by Crippen LogP contribution is -2.40. The van der Waals surface area contributed by atoms with Gasteiger partial charge in [-0.25, -0.2) is 0 Å². The number of para-hydroxylation sites is 1. The molecule has 5 nitrogen and oxygen atoms in total. The fourth-order valence-electron chi connectivity index (χ4n) is 2.34. The number of carbonyl (C=O) groups excluding carboxylic acids is 1. The van der Waals surface area contributed by atoms with Gasteiger partial charge in [-0.1, -0.05) is 12.1 Å². The molecule has 0 aromatic heterocycles. The summed E-state index contributed by atoms with van der Waals surface area (Å²) in [6.07, 6.45) is 1.98. The third-order valence-corrected chi connectivity index (χ3v) is 3.31. The van der Waals surface area contributed by atoms with Crippen LogP contribution in [0.4, 0.5) is 0 Å². The van der Waals surface area contributed by atoms with E-state index in [1.807, 2.05) is 18.2 Å². The second-order valence-electron chi connectivity index (χ2n) is 4.52. The summed E-state index contributed by atoms with van der Waals surface area (Å²) in [6, 6.07) is 5.67. The van der Waals surface area contributed by atoms with Gasteiger partial charge in [0, 0.05) is 12.1 Å². The van der Waals surface area contributed by atoms with E-state index in [9.17, 15) is 4.79 Å². The first-order valence-electron chi connectivity index (χ1n) is 6.23.